The lowest BCUT2D eigenvalue weighted by molar-refractivity contribution is 0.112. The van der Waals surface area contributed by atoms with Crippen molar-refractivity contribution < 1.29 is 4.79 Å². The molecule has 0 unspecified atom stereocenters. The van der Waals surface area contributed by atoms with E-state index in [0.29, 0.717) is 0 Å². The molecule has 0 amide bonds. The fraction of sp³-hybridized carbons (Fsp3) is 0.533. The van der Waals surface area contributed by atoms with Crippen molar-refractivity contribution in [3.8, 4) is 0 Å². The summed E-state index contributed by atoms with van der Waals surface area (Å²) in [4.78, 5) is 11.2. The summed E-state index contributed by atoms with van der Waals surface area (Å²) in [5, 5.41) is 0. The first-order valence-electron chi connectivity index (χ1n) is 5.98. The van der Waals surface area contributed by atoms with E-state index in [1.54, 1.807) is 0 Å². The summed E-state index contributed by atoms with van der Waals surface area (Å²) in [6.07, 6.45) is 3.34. The molecule has 0 spiro atoms. The maximum absolute atomic E-state index is 11.2. The first-order valence-corrected chi connectivity index (χ1v) is 5.98. The molecule has 0 N–H and O–H groups in total. The van der Waals surface area contributed by atoms with Crippen LogP contribution in [0, 0.1) is 20.8 Å². The molecule has 1 aromatic rings. The van der Waals surface area contributed by atoms with Gasteiger partial charge in [-0.3, -0.25) is 4.79 Å². The topological polar surface area (TPSA) is 17.1 Å². The van der Waals surface area contributed by atoms with Crippen molar-refractivity contribution in [3.05, 3.63) is 33.4 Å². The minimum absolute atomic E-state index is 0.274. The van der Waals surface area contributed by atoms with Crippen molar-refractivity contribution in [2.45, 2.75) is 52.9 Å². The summed E-state index contributed by atoms with van der Waals surface area (Å²) in [7, 11) is 0. The van der Waals surface area contributed by atoms with Gasteiger partial charge in [-0.25, -0.2) is 0 Å². The minimum Gasteiger partial charge on any atom is -0.298 e. The molecule has 0 saturated carbocycles. The van der Waals surface area contributed by atoms with Crippen molar-refractivity contribution in [2.24, 2.45) is 0 Å². The van der Waals surface area contributed by atoms with Gasteiger partial charge in [-0.1, -0.05) is 13.8 Å². The number of fused-ring (bicyclic) bond motifs is 1. The van der Waals surface area contributed by atoms with E-state index < -0.39 is 0 Å². The van der Waals surface area contributed by atoms with Crippen LogP contribution in [0.25, 0.3) is 0 Å². The highest BCUT2D eigenvalue weighted by Crippen LogP contribution is 2.43. The molecule has 2 rings (SSSR count). The summed E-state index contributed by atoms with van der Waals surface area (Å²) in [6, 6.07) is 0. The second kappa shape index (κ2) is 3.44. The molecule has 0 saturated heterocycles. The number of carbonyl (C=O) groups is 1. The third-order valence-electron chi connectivity index (χ3n) is 4.29. The fourth-order valence-corrected chi connectivity index (χ4v) is 3.21. The Balaban J connectivity index is 2.84. The molecular weight excluding hydrogens is 196 g/mol. The van der Waals surface area contributed by atoms with Crippen LogP contribution in [0.2, 0.25) is 0 Å². The van der Waals surface area contributed by atoms with E-state index in [9.17, 15) is 4.79 Å². The lowest BCUT2D eigenvalue weighted by Gasteiger charge is -2.24. The molecule has 0 radical (unpaired) electrons. The van der Waals surface area contributed by atoms with Crippen molar-refractivity contribution in [1.82, 2.24) is 0 Å². The zero-order chi connectivity index (χ0) is 12.1. The van der Waals surface area contributed by atoms with E-state index in [4.69, 9.17) is 0 Å². The number of carbonyl (C=O) groups excluding carboxylic acids is 1. The predicted octanol–water partition coefficient (Wildman–Crippen LogP) is 3.65. The Bertz CT molecular complexity index is 467. The van der Waals surface area contributed by atoms with Crippen LogP contribution in [0.1, 0.15) is 58.4 Å². The zero-order valence-electron chi connectivity index (χ0n) is 10.9. The molecule has 0 heterocycles. The van der Waals surface area contributed by atoms with Crippen LogP contribution in [0.5, 0.6) is 0 Å². The van der Waals surface area contributed by atoms with Crippen molar-refractivity contribution in [1.29, 1.82) is 0 Å². The Labute approximate surface area is 97.9 Å². The van der Waals surface area contributed by atoms with E-state index in [-0.39, 0.29) is 5.41 Å². The Morgan fingerprint density at radius 3 is 2.25 bits per heavy atom. The average Bonchev–Trinajstić information content (AvgIpc) is 2.52. The Kier molecular flexibility index (Phi) is 2.45. The van der Waals surface area contributed by atoms with Gasteiger partial charge in [-0.05, 0) is 66.8 Å². The van der Waals surface area contributed by atoms with E-state index in [1.807, 2.05) is 0 Å². The maximum atomic E-state index is 11.2. The molecule has 1 aliphatic rings. The standard InChI is InChI=1S/C15H20O/c1-9-10(2)14-12(6-7-15(14,4)5)11(3)13(9)8-16/h8H,6-7H2,1-5H3. The fourth-order valence-electron chi connectivity index (χ4n) is 3.21. The lowest BCUT2D eigenvalue weighted by atomic mass is 9.80. The predicted molar refractivity (Wildman–Crippen MR) is 67.4 cm³/mol. The summed E-state index contributed by atoms with van der Waals surface area (Å²) in [5.41, 5.74) is 7.80. The first kappa shape index (κ1) is 11.4. The van der Waals surface area contributed by atoms with Gasteiger partial charge in [0.1, 0.15) is 0 Å². The van der Waals surface area contributed by atoms with E-state index >= 15 is 0 Å². The van der Waals surface area contributed by atoms with Gasteiger partial charge in [-0.15, -0.1) is 0 Å². The van der Waals surface area contributed by atoms with Crippen LogP contribution in [0.15, 0.2) is 0 Å². The van der Waals surface area contributed by atoms with Gasteiger partial charge in [0.2, 0.25) is 0 Å². The van der Waals surface area contributed by atoms with Crippen LogP contribution in [0.4, 0.5) is 0 Å². The first-order chi connectivity index (χ1) is 7.40. The molecule has 0 aliphatic heterocycles. The van der Waals surface area contributed by atoms with E-state index in [2.05, 4.69) is 34.6 Å². The van der Waals surface area contributed by atoms with E-state index in [0.717, 1.165) is 18.3 Å². The zero-order valence-corrected chi connectivity index (χ0v) is 10.9. The summed E-state index contributed by atoms with van der Waals surface area (Å²) in [6.45, 7) is 10.9. The highest BCUT2D eigenvalue weighted by atomic mass is 16.1. The lowest BCUT2D eigenvalue weighted by Crippen LogP contribution is -2.15. The second-order valence-electron chi connectivity index (χ2n) is 5.64. The van der Waals surface area contributed by atoms with Gasteiger partial charge in [0.05, 0.1) is 0 Å². The van der Waals surface area contributed by atoms with Gasteiger partial charge in [-0.2, -0.15) is 0 Å². The molecule has 0 atom stereocenters. The Morgan fingerprint density at radius 1 is 1.06 bits per heavy atom. The molecule has 86 valence electrons. The van der Waals surface area contributed by atoms with Crippen LogP contribution in [0.3, 0.4) is 0 Å². The van der Waals surface area contributed by atoms with Crippen LogP contribution >= 0.6 is 0 Å². The Hall–Kier alpha value is -1.11. The van der Waals surface area contributed by atoms with Gasteiger partial charge < -0.3 is 0 Å². The van der Waals surface area contributed by atoms with Gasteiger partial charge in [0.15, 0.2) is 6.29 Å². The summed E-state index contributed by atoms with van der Waals surface area (Å²) in [5.74, 6) is 0. The number of benzene rings is 1. The smallest absolute Gasteiger partial charge is 0.150 e. The number of hydrogen-bond donors (Lipinski definition) is 0. The molecule has 0 aromatic heterocycles. The molecule has 0 fully saturated rings. The molecule has 1 heteroatoms. The van der Waals surface area contributed by atoms with Crippen molar-refractivity contribution >= 4 is 6.29 Å². The number of rotatable bonds is 1. The van der Waals surface area contributed by atoms with E-state index in [1.165, 1.54) is 34.2 Å². The highest BCUT2D eigenvalue weighted by molar-refractivity contribution is 5.82. The normalized spacial score (nSPS) is 17.3. The number of hydrogen-bond acceptors (Lipinski definition) is 1. The molecule has 16 heavy (non-hydrogen) atoms. The Morgan fingerprint density at radius 2 is 1.69 bits per heavy atom. The minimum atomic E-state index is 0.274. The quantitative estimate of drug-likeness (QED) is 0.655. The third kappa shape index (κ3) is 1.34. The monoisotopic (exact) mass is 216 g/mol. The number of aldehydes is 1. The van der Waals surface area contributed by atoms with Crippen LogP contribution in [-0.2, 0) is 11.8 Å². The van der Waals surface area contributed by atoms with Gasteiger partial charge in [0.25, 0.3) is 0 Å². The molecule has 0 bridgehead atoms. The van der Waals surface area contributed by atoms with Gasteiger partial charge >= 0.3 is 0 Å². The SMILES string of the molecule is Cc1c(C)c2c(c(C)c1C=O)CCC2(C)C. The largest absolute Gasteiger partial charge is 0.298 e. The molecule has 1 aliphatic carbocycles. The van der Waals surface area contributed by atoms with Crippen molar-refractivity contribution in [3.63, 3.8) is 0 Å². The maximum Gasteiger partial charge on any atom is 0.150 e. The van der Waals surface area contributed by atoms with Crippen LogP contribution in [-0.4, -0.2) is 6.29 Å². The van der Waals surface area contributed by atoms with Crippen LogP contribution < -0.4 is 0 Å². The molecular formula is C15H20O. The second-order valence-corrected chi connectivity index (χ2v) is 5.64. The summed E-state index contributed by atoms with van der Waals surface area (Å²) < 4.78 is 0. The summed E-state index contributed by atoms with van der Waals surface area (Å²) >= 11 is 0. The van der Waals surface area contributed by atoms with Crippen molar-refractivity contribution in [2.75, 3.05) is 0 Å². The van der Waals surface area contributed by atoms with Gasteiger partial charge in [0, 0.05) is 5.56 Å². The highest BCUT2D eigenvalue weighted by Gasteiger charge is 2.33. The molecule has 1 aromatic carbocycles. The average molecular weight is 216 g/mol. The third-order valence-corrected chi connectivity index (χ3v) is 4.29. The molecule has 1 nitrogen and oxygen atoms in total.